The second-order valence-electron chi connectivity index (χ2n) is 9.80. The molecular formula is C26H32N4O4S. The van der Waals surface area contributed by atoms with Crippen LogP contribution in [-0.2, 0) is 14.8 Å². The Hall–Kier alpha value is -2.91. The number of aromatic nitrogens is 2. The maximum absolute atomic E-state index is 13.2. The molecule has 1 N–H and O–H groups in total. The molecule has 0 saturated carbocycles. The Morgan fingerprint density at radius 2 is 1.60 bits per heavy atom. The van der Waals surface area contributed by atoms with Gasteiger partial charge in [0.15, 0.2) is 0 Å². The van der Waals surface area contributed by atoms with Gasteiger partial charge in [0, 0.05) is 38.1 Å². The smallest absolute Gasteiger partial charge is 0.326 e. The van der Waals surface area contributed by atoms with Crippen molar-refractivity contribution in [3.8, 4) is 0 Å². The minimum atomic E-state index is -3.56. The Morgan fingerprint density at radius 1 is 0.914 bits per heavy atom. The number of aryl methyl sites for hydroxylation is 2. The van der Waals surface area contributed by atoms with E-state index in [4.69, 9.17) is 0 Å². The summed E-state index contributed by atoms with van der Waals surface area (Å²) in [5.41, 5.74) is 3.65. The lowest BCUT2D eigenvalue weighted by atomic mass is 9.94. The molecule has 5 rings (SSSR count). The fraction of sp³-hybridized carbons (Fsp3) is 0.462. The lowest BCUT2D eigenvalue weighted by molar-refractivity contribution is -0.138. The first-order chi connectivity index (χ1) is 16.8. The summed E-state index contributed by atoms with van der Waals surface area (Å²) in [4.78, 5) is 30.9. The van der Waals surface area contributed by atoms with Crippen LogP contribution < -0.4 is 5.69 Å². The fourth-order valence-corrected chi connectivity index (χ4v) is 6.96. The third kappa shape index (κ3) is 4.43. The number of sulfonamides is 1. The predicted octanol–water partition coefficient (Wildman–Crippen LogP) is 3.21. The normalized spacial score (nSPS) is 18.9. The van der Waals surface area contributed by atoms with Gasteiger partial charge < -0.3 is 9.88 Å². The minimum absolute atomic E-state index is 0.0626. The van der Waals surface area contributed by atoms with Crippen molar-refractivity contribution in [2.24, 2.45) is 5.92 Å². The van der Waals surface area contributed by atoms with Crippen molar-refractivity contribution in [1.29, 1.82) is 0 Å². The van der Waals surface area contributed by atoms with Gasteiger partial charge in [-0.1, -0.05) is 18.2 Å². The molecule has 2 aliphatic heterocycles. The molecule has 1 aromatic heterocycles. The van der Waals surface area contributed by atoms with Crippen molar-refractivity contribution in [1.82, 2.24) is 18.8 Å². The van der Waals surface area contributed by atoms with Gasteiger partial charge in [0.1, 0.15) is 0 Å². The number of H-pyrrole nitrogens is 1. The van der Waals surface area contributed by atoms with E-state index in [-0.39, 0.29) is 23.6 Å². The van der Waals surface area contributed by atoms with Crippen LogP contribution in [0.25, 0.3) is 11.0 Å². The Morgan fingerprint density at radius 3 is 2.29 bits per heavy atom. The van der Waals surface area contributed by atoms with E-state index in [1.165, 1.54) is 4.31 Å². The van der Waals surface area contributed by atoms with Gasteiger partial charge in [0.25, 0.3) is 0 Å². The van der Waals surface area contributed by atoms with Crippen LogP contribution in [0.2, 0.25) is 0 Å². The number of piperidine rings is 2. The number of amides is 1. The molecule has 8 nitrogen and oxygen atoms in total. The van der Waals surface area contributed by atoms with Crippen molar-refractivity contribution < 1.29 is 13.2 Å². The Labute approximate surface area is 205 Å². The topological polar surface area (TPSA) is 95.5 Å². The molecule has 0 bridgehead atoms. The summed E-state index contributed by atoms with van der Waals surface area (Å²) >= 11 is 0. The number of fused-ring (bicyclic) bond motifs is 1. The molecule has 0 atom stereocenters. The lowest BCUT2D eigenvalue weighted by Gasteiger charge is -2.37. The van der Waals surface area contributed by atoms with Gasteiger partial charge in [-0.2, -0.15) is 4.31 Å². The molecular weight excluding hydrogens is 464 g/mol. The number of hydrogen-bond donors (Lipinski definition) is 1. The van der Waals surface area contributed by atoms with Gasteiger partial charge in [0.2, 0.25) is 15.9 Å². The van der Waals surface area contributed by atoms with Crippen LogP contribution in [-0.4, -0.2) is 59.3 Å². The average molecular weight is 497 g/mol. The van der Waals surface area contributed by atoms with Crippen molar-refractivity contribution in [2.75, 3.05) is 26.2 Å². The van der Waals surface area contributed by atoms with Crippen molar-refractivity contribution in [3.05, 3.63) is 64.1 Å². The molecule has 1 amide bonds. The third-order valence-corrected chi connectivity index (χ3v) is 9.58. The summed E-state index contributed by atoms with van der Waals surface area (Å²) < 4.78 is 29.5. The van der Waals surface area contributed by atoms with Crippen LogP contribution >= 0.6 is 0 Å². The summed E-state index contributed by atoms with van der Waals surface area (Å²) in [5.74, 6) is -0.0495. The van der Waals surface area contributed by atoms with Gasteiger partial charge in [-0.05, 0) is 74.9 Å². The highest BCUT2D eigenvalue weighted by Gasteiger charge is 2.35. The molecule has 0 radical (unpaired) electrons. The number of para-hydroxylation sites is 2. The molecule has 2 saturated heterocycles. The number of imidazole rings is 1. The van der Waals surface area contributed by atoms with E-state index in [0.717, 1.165) is 35.0 Å². The number of rotatable bonds is 4. The zero-order chi connectivity index (χ0) is 24.7. The van der Waals surface area contributed by atoms with Crippen LogP contribution in [0.3, 0.4) is 0 Å². The third-order valence-electron chi connectivity index (χ3n) is 7.68. The molecule has 35 heavy (non-hydrogen) atoms. The quantitative estimate of drug-likeness (QED) is 0.600. The van der Waals surface area contributed by atoms with E-state index >= 15 is 0 Å². The number of aromatic amines is 1. The van der Waals surface area contributed by atoms with Crippen molar-refractivity contribution in [3.63, 3.8) is 0 Å². The van der Waals surface area contributed by atoms with E-state index in [1.807, 2.05) is 53.6 Å². The first-order valence-corrected chi connectivity index (χ1v) is 13.7. The number of hydrogen-bond acceptors (Lipinski definition) is 4. The summed E-state index contributed by atoms with van der Waals surface area (Å²) in [7, 11) is -3.56. The van der Waals surface area contributed by atoms with E-state index in [0.29, 0.717) is 43.9 Å². The minimum Gasteiger partial charge on any atom is -0.342 e. The zero-order valence-electron chi connectivity index (χ0n) is 20.2. The number of nitrogens with zero attached hydrogens (tertiary/aromatic N) is 3. The first-order valence-electron chi connectivity index (χ1n) is 12.3. The maximum Gasteiger partial charge on any atom is 0.326 e. The van der Waals surface area contributed by atoms with Crippen LogP contribution in [0.4, 0.5) is 0 Å². The molecule has 0 aliphatic carbocycles. The molecule has 2 fully saturated rings. The van der Waals surface area contributed by atoms with Crippen LogP contribution in [0.15, 0.2) is 52.2 Å². The van der Waals surface area contributed by atoms with Gasteiger partial charge in [-0.3, -0.25) is 9.36 Å². The molecule has 2 aliphatic rings. The molecule has 3 aromatic rings. The highest BCUT2D eigenvalue weighted by atomic mass is 32.2. The molecule has 9 heteroatoms. The van der Waals surface area contributed by atoms with Gasteiger partial charge in [0.05, 0.1) is 15.9 Å². The maximum atomic E-state index is 13.2. The van der Waals surface area contributed by atoms with Crippen molar-refractivity contribution >= 4 is 27.0 Å². The van der Waals surface area contributed by atoms with E-state index < -0.39 is 10.0 Å². The summed E-state index contributed by atoms with van der Waals surface area (Å²) in [6.45, 7) is 5.80. The van der Waals surface area contributed by atoms with Crippen LogP contribution in [0.5, 0.6) is 0 Å². The zero-order valence-corrected chi connectivity index (χ0v) is 21.1. The standard InChI is InChI=1S/C26H32N4O4S/c1-18-7-8-22(17-19(18)2)35(33,34)29-15-9-20(10-16-29)25(31)28-13-11-21(12-14-28)30-24-6-4-3-5-23(24)27-26(30)32/h3-8,17,20-21H,9-16H2,1-2H3,(H,27,32). The highest BCUT2D eigenvalue weighted by molar-refractivity contribution is 7.89. The monoisotopic (exact) mass is 496 g/mol. The number of likely N-dealkylation sites (tertiary alicyclic amines) is 1. The fourth-order valence-electron chi connectivity index (χ4n) is 5.41. The highest BCUT2D eigenvalue weighted by Crippen LogP contribution is 2.29. The number of nitrogens with one attached hydrogen (secondary N) is 1. The first kappa shape index (κ1) is 23.8. The molecule has 0 unspecified atom stereocenters. The van der Waals surface area contributed by atoms with Crippen LogP contribution in [0.1, 0.15) is 42.9 Å². The SMILES string of the molecule is Cc1ccc(S(=O)(=O)N2CCC(C(=O)N3CCC(n4c(=O)[nH]c5ccccc54)CC3)CC2)cc1C. The van der Waals surface area contributed by atoms with E-state index in [1.54, 1.807) is 12.1 Å². The number of benzene rings is 2. The second kappa shape index (κ2) is 9.28. The lowest BCUT2D eigenvalue weighted by Crippen LogP contribution is -2.47. The second-order valence-corrected chi connectivity index (χ2v) is 11.7. The molecule has 0 spiro atoms. The van der Waals surface area contributed by atoms with E-state index in [9.17, 15) is 18.0 Å². The summed E-state index contributed by atoms with van der Waals surface area (Å²) in [6.07, 6.45) is 2.52. The van der Waals surface area contributed by atoms with Gasteiger partial charge in [-0.25, -0.2) is 13.2 Å². The van der Waals surface area contributed by atoms with Gasteiger partial charge in [-0.15, -0.1) is 0 Å². The average Bonchev–Trinajstić information content (AvgIpc) is 3.21. The number of carbonyl (C=O) groups is 1. The summed E-state index contributed by atoms with van der Waals surface area (Å²) in [6, 6.07) is 13.0. The molecule has 2 aromatic carbocycles. The Kier molecular flexibility index (Phi) is 6.31. The predicted molar refractivity (Wildman–Crippen MR) is 135 cm³/mol. The van der Waals surface area contributed by atoms with E-state index in [2.05, 4.69) is 4.98 Å². The van der Waals surface area contributed by atoms with Gasteiger partial charge >= 0.3 is 5.69 Å². The van der Waals surface area contributed by atoms with Crippen LogP contribution in [0, 0.1) is 19.8 Å². The Bertz CT molecular complexity index is 1410. The molecule has 186 valence electrons. The largest absolute Gasteiger partial charge is 0.342 e. The summed E-state index contributed by atoms with van der Waals surface area (Å²) in [5, 5.41) is 0. The van der Waals surface area contributed by atoms with Crippen molar-refractivity contribution in [2.45, 2.75) is 50.5 Å². The molecule has 3 heterocycles. The number of carbonyl (C=O) groups excluding carboxylic acids is 1. The Balaban J connectivity index is 1.19.